The van der Waals surface area contributed by atoms with Gasteiger partial charge in [0.2, 0.25) is 0 Å². The maximum atomic E-state index is 14.1. The van der Waals surface area contributed by atoms with E-state index in [0.29, 0.717) is 22.3 Å². The minimum atomic E-state index is -3.09. The highest BCUT2D eigenvalue weighted by Crippen LogP contribution is 2.31. The Balaban J connectivity index is 2.13. The van der Waals surface area contributed by atoms with Crippen LogP contribution in [0.3, 0.4) is 0 Å². The van der Waals surface area contributed by atoms with E-state index in [4.69, 9.17) is 28.0 Å². The summed E-state index contributed by atoms with van der Waals surface area (Å²) in [4.78, 5) is 11.0. The van der Waals surface area contributed by atoms with Crippen LogP contribution in [0.4, 0.5) is 14.6 Å². The lowest BCUT2D eigenvalue weighted by molar-refractivity contribution is 0.574. The molecule has 3 aromatic rings. The van der Waals surface area contributed by atoms with Crippen LogP contribution in [0, 0.1) is 23.3 Å². The molecule has 0 bridgehead atoms. The van der Waals surface area contributed by atoms with E-state index < -0.39 is 27.4 Å². The van der Waals surface area contributed by atoms with E-state index in [2.05, 4.69) is 20.3 Å². The summed E-state index contributed by atoms with van der Waals surface area (Å²) < 4.78 is 47.3. The number of H-pyrrole nitrogens is 1. The van der Waals surface area contributed by atoms with Crippen molar-refractivity contribution in [3.05, 3.63) is 69.2 Å². The van der Waals surface area contributed by atoms with E-state index in [1.54, 1.807) is 25.1 Å². The summed E-state index contributed by atoms with van der Waals surface area (Å²) in [6.45, 7) is 1.63. The Bertz CT molecular complexity index is 1150. The van der Waals surface area contributed by atoms with Crippen LogP contribution in [-0.4, -0.2) is 25.4 Å². The number of imidazole rings is 1. The van der Waals surface area contributed by atoms with Crippen molar-refractivity contribution in [1.82, 2.24) is 15.0 Å². The van der Waals surface area contributed by atoms with Crippen LogP contribution in [0.5, 0.6) is 0 Å². The number of benzene rings is 1. The number of halogens is 4. The first-order chi connectivity index (χ1) is 13.1. The summed E-state index contributed by atoms with van der Waals surface area (Å²) >= 11 is 12.1. The first-order valence-electron chi connectivity index (χ1n) is 7.89. The lowest BCUT2D eigenvalue weighted by Gasteiger charge is -2.19. The molecule has 148 valence electrons. The van der Waals surface area contributed by atoms with Crippen LogP contribution in [0.2, 0.25) is 10.0 Å². The number of rotatable bonds is 5. The Morgan fingerprint density at radius 1 is 1.25 bits per heavy atom. The predicted molar refractivity (Wildman–Crippen MR) is 104 cm³/mol. The van der Waals surface area contributed by atoms with Gasteiger partial charge in [-0.05, 0) is 24.6 Å². The van der Waals surface area contributed by atoms with E-state index >= 15 is 0 Å². The highest BCUT2D eigenvalue weighted by Gasteiger charge is 2.24. The topological polar surface area (TPSA) is 94.5 Å². The Morgan fingerprint density at radius 2 is 1.96 bits per heavy atom. The van der Waals surface area contributed by atoms with Crippen molar-refractivity contribution >= 4 is 38.7 Å². The molecule has 28 heavy (non-hydrogen) atoms. The first kappa shape index (κ1) is 20.5. The van der Waals surface area contributed by atoms with Gasteiger partial charge in [0.25, 0.3) is 0 Å². The van der Waals surface area contributed by atoms with Gasteiger partial charge in [-0.15, -0.1) is 0 Å². The molecule has 0 saturated carbocycles. The fraction of sp³-hybridized carbons (Fsp3) is 0.176. The number of aromatic nitrogens is 3. The predicted octanol–water partition coefficient (Wildman–Crippen LogP) is 4.94. The molecule has 0 amide bonds. The molecular weight excluding hydrogens is 431 g/mol. The number of anilines is 1. The van der Waals surface area contributed by atoms with E-state index in [9.17, 15) is 13.0 Å². The van der Waals surface area contributed by atoms with Gasteiger partial charge in [0.1, 0.15) is 17.7 Å². The van der Waals surface area contributed by atoms with Crippen molar-refractivity contribution in [1.29, 1.82) is 4.78 Å². The van der Waals surface area contributed by atoms with Gasteiger partial charge in [-0.3, -0.25) is 0 Å². The van der Waals surface area contributed by atoms with Crippen LogP contribution in [0.25, 0.3) is 0 Å². The van der Waals surface area contributed by atoms with Gasteiger partial charge in [0, 0.05) is 18.0 Å². The van der Waals surface area contributed by atoms with Crippen LogP contribution in [0.1, 0.15) is 23.1 Å². The molecule has 3 rings (SSSR count). The van der Waals surface area contributed by atoms with Crippen LogP contribution in [-0.2, 0) is 9.73 Å². The zero-order valence-electron chi connectivity index (χ0n) is 14.7. The Hall–Kier alpha value is -2.23. The van der Waals surface area contributed by atoms with Crippen molar-refractivity contribution in [2.24, 2.45) is 0 Å². The zero-order valence-corrected chi connectivity index (χ0v) is 17.0. The molecule has 0 aliphatic rings. The number of nitrogens with one attached hydrogen (secondary N) is 3. The quantitative estimate of drug-likeness (QED) is 0.518. The second-order valence-electron chi connectivity index (χ2n) is 6.13. The summed E-state index contributed by atoms with van der Waals surface area (Å²) in [7, 11) is -3.09. The summed E-state index contributed by atoms with van der Waals surface area (Å²) in [5.41, 5.74) is 0.990. The Morgan fingerprint density at radius 3 is 2.54 bits per heavy atom. The number of aromatic amines is 1. The summed E-state index contributed by atoms with van der Waals surface area (Å²) in [6.07, 6.45) is 2.13. The number of aryl methyl sites for hydroxylation is 1. The SMILES string of the molecule is Cc1[nH]c([C@@H](Nc2ncc(F)cc2F)c2ccc(Cl)c(Cl)c2)nc1S(C)(=N)=O. The molecule has 3 N–H and O–H groups in total. The largest absolute Gasteiger partial charge is 0.354 e. The lowest BCUT2D eigenvalue weighted by Crippen LogP contribution is -2.16. The third kappa shape index (κ3) is 4.26. The average Bonchev–Trinajstić information content (AvgIpc) is 2.99. The fourth-order valence-electron chi connectivity index (χ4n) is 2.64. The van der Waals surface area contributed by atoms with Crippen LogP contribution >= 0.6 is 23.2 Å². The van der Waals surface area contributed by atoms with Crippen molar-refractivity contribution in [2.45, 2.75) is 18.0 Å². The van der Waals surface area contributed by atoms with Crippen molar-refractivity contribution < 1.29 is 13.0 Å². The monoisotopic (exact) mass is 445 g/mol. The molecule has 2 atom stereocenters. The van der Waals surface area contributed by atoms with Gasteiger partial charge < -0.3 is 10.3 Å². The van der Waals surface area contributed by atoms with Gasteiger partial charge in [-0.1, -0.05) is 29.3 Å². The second kappa shape index (κ2) is 7.65. The van der Waals surface area contributed by atoms with E-state index in [0.717, 1.165) is 6.20 Å². The molecule has 0 radical (unpaired) electrons. The highest BCUT2D eigenvalue weighted by atomic mass is 35.5. The maximum absolute atomic E-state index is 14.1. The third-order valence-corrected chi connectivity index (χ3v) is 5.74. The van der Waals surface area contributed by atoms with Gasteiger partial charge in [-0.2, -0.15) is 0 Å². The smallest absolute Gasteiger partial charge is 0.168 e. The Labute approximate surface area is 170 Å². The van der Waals surface area contributed by atoms with Gasteiger partial charge in [0.15, 0.2) is 16.7 Å². The van der Waals surface area contributed by atoms with Crippen molar-refractivity contribution in [3.63, 3.8) is 0 Å². The number of pyridine rings is 1. The molecule has 2 heterocycles. The highest BCUT2D eigenvalue weighted by molar-refractivity contribution is 7.91. The summed E-state index contributed by atoms with van der Waals surface area (Å²) in [5, 5.41) is 3.52. The molecule has 0 spiro atoms. The van der Waals surface area contributed by atoms with E-state index in [-0.39, 0.29) is 21.7 Å². The second-order valence-corrected chi connectivity index (χ2v) is 9.02. The van der Waals surface area contributed by atoms with Crippen LogP contribution < -0.4 is 5.32 Å². The Kier molecular flexibility index (Phi) is 5.60. The molecule has 2 aromatic heterocycles. The lowest BCUT2D eigenvalue weighted by atomic mass is 10.1. The fourth-order valence-corrected chi connectivity index (χ4v) is 3.86. The normalized spacial score (nSPS) is 14.5. The number of nitrogens with zero attached hydrogens (tertiary/aromatic N) is 2. The molecule has 11 heteroatoms. The molecule has 0 saturated heterocycles. The van der Waals surface area contributed by atoms with Crippen LogP contribution in [0.15, 0.2) is 35.5 Å². The minimum absolute atomic E-state index is 0.0851. The summed E-state index contributed by atoms with van der Waals surface area (Å²) in [6, 6.07) is 4.66. The van der Waals surface area contributed by atoms with Crippen molar-refractivity contribution in [2.75, 3.05) is 11.6 Å². The molecule has 6 nitrogen and oxygen atoms in total. The van der Waals surface area contributed by atoms with E-state index in [1.165, 1.54) is 6.26 Å². The molecular formula is C17H15Cl2F2N5OS. The summed E-state index contributed by atoms with van der Waals surface area (Å²) in [5.74, 6) is -1.66. The number of hydrogen-bond donors (Lipinski definition) is 3. The average molecular weight is 446 g/mol. The maximum Gasteiger partial charge on any atom is 0.168 e. The zero-order chi connectivity index (χ0) is 20.6. The molecule has 1 aromatic carbocycles. The molecule has 0 aliphatic heterocycles. The molecule has 0 aliphatic carbocycles. The molecule has 1 unspecified atom stereocenters. The van der Waals surface area contributed by atoms with Gasteiger partial charge in [0.05, 0.1) is 26.0 Å². The minimum Gasteiger partial charge on any atom is -0.354 e. The van der Waals surface area contributed by atoms with Gasteiger partial charge >= 0.3 is 0 Å². The number of hydrogen-bond acceptors (Lipinski definition) is 5. The first-order valence-corrected chi connectivity index (χ1v) is 10.6. The van der Waals surface area contributed by atoms with E-state index in [1.807, 2.05) is 0 Å². The van der Waals surface area contributed by atoms with Gasteiger partial charge in [-0.25, -0.2) is 27.7 Å². The standard InChI is InChI=1S/C17H15Cl2F2N5OS/c1-8-17(28(2,22)27)26-16(24-8)14(9-3-4-11(18)12(19)5-9)25-15-13(21)6-10(20)7-23-15/h3-7,14,22H,1-2H3,(H,23,25)(H,24,26)/t14-,28?/m0/s1. The van der Waals surface area contributed by atoms with Crippen molar-refractivity contribution in [3.8, 4) is 0 Å². The third-order valence-electron chi connectivity index (χ3n) is 3.87. The molecule has 0 fully saturated rings.